The van der Waals surface area contributed by atoms with Gasteiger partial charge in [-0.3, -0.25) is 10.1 Å². The van der Waals surface area contributed by atoms with Crippen molar-refractivity contribution in [2.24, 2.45) is 0 Å². The molecule has 110 valence electrons. The van der Waals surface area contributed by atoms with Crippen molar-refractivity contribution in [2.75, 3.05) is 23.1 Å². The largest absolute Gasteiger partial charge is 0.377 e. The number of nitrogens with zero attached hydrogens (tertiary/aromatic N) is 1. The highest BCUT2D eigenvalue weighted by atomic mass is 32.2. The average molecular weight is 316 g/mol. The van der Waals surface area contributed by atoms with Crippen LogP contribution in [0.1, 0.15) is 12.8 Å². The molecule has 1 N–H and O–H groups in total. The third-order valence-corrected chi connectivity index (χ3v) is 5.33. The molecule has 8 heteroatoms. The topological polar surface area (TPSA) is 89.3 Å². The van der Waals surface area contributed by atoms with Crippen LogP contribution < -0.4 is 5.32 Å². The first-order valence-electron chi connectivity index (χ1n) is 6.21. The van der Waals surface area contributed by atoms with E-state index in [2.05, 4.69) is 5.32 Å². The summed E-state index contributed by atoms with van der Waals surface area (Å²) in [5, 5.41) is 14.3. The van der Waals surface area contributed by atoms with Gasteiger partial charge in [0.05, 0.1) is 9.82 Å². The lowest BCUT2D eigenvalue weighted by Crippen LogP contribution is -2.24. The van der Waals surface area contributed by atoms with Gasteiger partial charge in [-0.05, 0) is 36.5 Å². The van der Waals surface area contributed by atoms with Gasteiger partial charge in [0, 0.05) is 18.4 Å². The lowest BCUT2D eigenvalue weighted by molar-refractivity contribution is -0.384. The number of nitro benzene ring substituents is 1. The van der Waals surface area contributed by atoms with Crippen molar-refractivity contribution in [1.29, 1.82) is 0 Å². The second-order valence-corrected chi connectivity index (χ2v) is 7.98. The Morgan fingerprint density at radius 3 is 2.55 bits per heavy atom. The maximum atomic E-state index is 11.5. The van der Waals surface area contributed by atoms with Crippen molar-refractivity contribution in [3.63, 3.8) is 0 Å². The summed E-state index contributed by atoms with van der Waals surface area (Å²) in [7, 11) is -3.44. The predicted molar refractivity (Wildman–Crippen MR) is 80.2 cm³/mol. The lowest BCUT2D eigenvalue weighted by atomic mass is 10.1. The quantitative estimate of drug-likeness (QED) is 0.677. The fourth-order valence-corrected chi connectivity index (χ4v) is 3.82. The molecule has 1 fully saturated rings. The van der Waals surface area contributed by atoms with Crippen LogP contribution in [0.15, 0.2) is 23.1 Å². The normalized spacial score (nSPS) is 16.9. The van der Waals surface area contributed by atoms with Gasteiger partial charge in [0.1, 0.15) is 5.69 Å². The van der Waals surface area contributed by atoms with Crippen LogP contribution in [0.4, 0.5) is 11.4 Å². The van der Waals surface area contributed by atoms with E-state index in [1.165, 1.54) is 12.1 Å². The van der Waals surface area contributed by atoms with Crippen LogP contribution in [-0.2, 0) is 9.84 Å². The highest BCUT2D eigenvalue weighted by molar-refractivity contribution is 7.99. The van der Waals surface area contributed by atoms with E-state index in [9.17, 15) is 18.5 Å². The summed E-state index contributed by atoms with van der Waals surface area (Å²) in [5.74, 6) is 2.07. The molecule has 0 amide bonds. The van der Waals surface area contributed by atoms with Gasteiger partial charge in [-0.2, -0.15) is 11.8 Å². The summed E-state index contributed by atoms with van der Waals surface area (Å²) < 4.78 is 22.9. The van der Waals surface area contributed by atoms with Crippen LogP contribution in [0.5, 0.6) is 0 Å². The molecule has 1 aromatic rings. The zero-order valence-electron chi connectivity index (χ0n) is 11.0. The van der Waals surface area contributed by atoms with E-state index >= 15 is 0 Å². The van der Waals surface area contributed by atoms with Crippen molar-refractivity contribution in [3.05, 3.63) is 28.3 Å². The molecular formula is C12H16N2O4S2. The number of benzene rings is 1. The second kappa shape index (κ2) is 6.01. The van der Waals surface area contributed by atoms with Gasteiger partial charge in [0.2, 0.25) is 0 Å². The van der Waals surface area contributed by atoms with Gasteiger partial charge >= 0.3 is 0 Å². The Labute approximate surface area is 122 Å². The Hall–Kier alpha value is -1.28. The molecule has 0 aromatic heterocycles. The van der Waals surface area contributed by atoms with Crippen LogP contribution in [0.25, 0.3) is 0 Å². The van der Waals surface area contributed by atoms with Crippen LogP contribution in [0.3, 0.4) is 0 Å². The van der Waals surface area contributed by atoms with Crippen LogP contribution >= 0.6 is 11.8 Å². The minimum Gasteiger partial charge on any atom is -0.377 e. The van der Waals surface area contributed by atoms with E-state index in [0.717, 1.165) is 36.7 Å². The summed E-state index contributed by atoms with van der Waals surface area (Å²) in [6, 6.07) is 4.22. The summed E-state index contributed by atoms with van der Waals surface area (Å²) in [6.45, 7) is 0. The van der Waals surface area contributed by atoms with Crippen molar-refractivity contribution < 1.29 is 13.3 Å². The number of hydrogen-bond donors (Lipinski definition) is 1. The number of hydrogen-bond acceptors (Lipinski definition) is 6. The highest BCUT2D eigenvalue weighted by Crippen LogP contribution is 2.30. The third kappa shape index (κ3) is 3.63. The van der Waals surface area contributed by atoms with Crippen LogP contribution in [0, 0.1) is 10.1 Å². The molecule has 0 aliphatic carbocycles. The molecule has 1 aliphatic rings. The van der Waals surface area contributed by atoms with Gasteiger partial charge in [-0.15, -0.1) is 0 Å². The minimum atomic E-state index is -3.44. The maximum Gasteiger partial charge on any atom is 0.293 e. The molecule has 0 bridgehead atoms. The molecule has 0 unspecified atom stereocenters. The number of nitro groups is 1. The Bertz CT molecular complexity index is 610. The number of anilines is 1. The monoisotopic (exact) mass is 316 g/mol. The van der Waals surface area contributed by atoms with Gasteiger partial charge in [0.15, 0.2) is 9.84 Å². The Kier molecular flexibility index (Phi) is 4.54. The van der Waals surface area contributed by atoms with Gasteiger partial charge < -0.3 is 5.32 Å². The van der Waals surface area contributed by atoms with E-state index in [4.69, 9.17) is 0 Å². The van der Waals surface area contributed by atoms with E-state index in [1.807, 2.05) is 11.8 Å². The second-order valence-electron chi connectivity index (χ2n) is 4.74. The predicted octanol–water partition coefficient (Wildman–Crippen LogP) is 2.31. The molecule has 6 nitrogen and oxygen atoms in total. The molecule has 1 saturated heterocycles. The fraction of sp³-hybridized carbons (Fsp3) is 0.500. The molecule has 1 aromatic carbocycles. The zero-order chi connectivity index (χ0) is 14.8. The van der Waals surface area contributed by atoms with Crippen molar-refractivity contribution in [3.8, 4) is 0 Å². The van der Waals surface area contributed by atoms with E-state index < -0.39 is 14.8 Å². The summed E-state index contributed by atoms with van der Waals surface area (Å²) in [4.78, 5) is 10.5. The smallest absolute Gasteiger partial charge is 0.293 e. The molecule has 1 aliphatic heterocycles. The summed E-state index contributed by atoms with van der Waals surface area (Å²) in [5.41, 5.74) is 0.199. The van der Waals surface area contributed by atoms with E-state index in [1.54, 1.807) is 0 Å². The molecule has 2 rings (SSSR count). The fourth-order valence-electron chi connectivity index (χ4n) is 2.08. The highest BCUT2D eigenvalue weighted by Gasteiger charge is 2.21. The number of thioether (sulfide) groups is 1. The standard InChI is InChI=1S/C12H16N2O4S2/c1-20(17,18)10-2-3-11(12(8-10)14(15)16)13-9-4-6-19-7-5-9/h2-3,8-9,13H,4-7H2,1H3. The average Bonchev–Trinajstić information content (AvgIpc) is 2.38. The summed E-state index contributed by atoms with van der Waals surface area (Å²) >= 11 is 1.87. The van der Waals surface area contributed by atoms with E-state index in [0.29, 0.717) is 5.69 Å². The lowest BCUT2D eigenvalue weighted by Gasteiger charge is -2.23. The number of nitrogens with one attached hydrogen (secondary N) is 1. The first-order valence-corrected chi connectivity index (χ1v) is 9.25. The summed E-state index contributed by atoms with van der Waals surface area (Å²) in [6.07, 6.45) is 2.95. The molecule has 0 atom stereocenters. The maximum absolute atomic E-state index is 11.5. The van der Waals surface area contributed by atoms with Crippen LogP contribution in [-0.4, -0.2) is 37.1 Å². The first-order chi connectivity index (χ1) is 9.38. The Morgan fingerprint density at radius 2 is 2.00 bits per heavy atom. The first kappa shape index (κ1) is 15.1. The van der Waals surface area contributed by atoms with Gasteiger partial charge in [-0.1, -0.05) is 0 Å². The molecule has 1 heterocycles. The van der Waals surface area contributed by atoms with Crippen molar-refractivity contribution >= 4 is 33.0 Å². The van der Waals surface area contributed by atoms with Gasteiger partial charge in [0.25, 0.3) is 5.69 Å². The molecular weight excluding hydrogens is 300 g/mol. The zero-order valence-corrected chi connectivity index (χ0v) is 12.7. The van der Waals surface area contributed by atoms with Crippen molar-refractivity contribution in [2.45, 2.75) is 23.8 Å². The minimum absolute atomic E-state index is 0.0334. The van der Waals surface area contributed by atoms with Crippen LogP contribution in [0.2, 0.25) is 0 Å². The molecule has 0 saturated carbocycles. The number of sulfone groups is 1. The Morgan fingerprint density at radius 1 is 1.35 bits per heavy atom. The molecule has 20 heavy (non-hydrogen) atoms. The SMILES string of the molecule is CS(=O)(=O)c1ccc(NC2CCSCC2)c([N+](=O)[O-])c1. The van der Waals surface area contributed by atoms with Crippen molar-refractivity contribution in [1.82, 2.24) is 0 Å². The third-order valence-electron chi connectivity index (χ3n) is 3.17. The molecule has 0 spiro atoms. The van der Waals surface area contributed by atoms with Gasteiger partial charge in [-0.25, -0.2) is 8.42 Å². The molecule has 0 radical (unpaired) electrons. The Balaban J connectivity index is 2.30. The number of rotatable bonds is 4. The van der Waals surface area contributed by atoms with E-state index in [-0.39, 0.29) is 16.6 Å².